The number of halogens is 3. The number of hydrogen-bond acceptors (Lipinski definition) is 2. The summed E-state index contributed by atoms with van der Waals surface area (Å²) in [6, 6.07) is 10.2. The van der Waals surface area contributed by atoms with Crippen LogP contribution in [0.3, 0.4) is 0 Å². The molecule has 1 N–H and O–H groups in total. The van der Waals surface area contributed by atoms with Gasteiger partial charge >= 0.3 is 0 Å². The van der Waals surface area contributed by atoms with Gasteiger partial charge < -0.3 is 10.1 Å². The summed E-state index contributed by atoms with van der Waals surface area (Å²) in [5, 5.41) is 3.97. The maximum atomic E-state index is 13.1. The fraction of sp³-hybridized carbons (Fsp3) is 0.200. The Balaban J connectivity index is 1.65. The molecule has 2 nitrogen and oxygen atoms in total. The fourth-order valence-corrected chi connectivity index (χ4v) is 2.82. The van der Waals surface area contributed by atoms with Gasteiger partial charge in [0.05, 0.1) is 12.2 Å². The van der Waals surface area contributed by atoms with E-state index in [-0.39, 0.29) is 11.9 Å². The third-order valence-corrected chi connectivity index (χ3v) is 4.14. The van der Waals surface area contributed by atoms with Crippen molar-refractivity contribution in [1.29, 1.82) is 0 Å². The van der Waals surface area contributed by atoms with E-state index in [0.29, 0.717) is 18.0 Å². The number of nitrogens with one attached hydrogen (secondary N) is 1. The first kappa shape index (κ1) is 13.7. The molecule has 20 heavy (non-hydrogen) atoms. The lowest BCUT2D eigenvalue weighted by Crippen LogP contribution is -2.24. The molecule has 2 aromatic carbocycles. The first-order chi connectivity index (χ1) is 9.61. The Morgan fingerprint density at radius 3 is 3.00 bits per heavy atom. The lowest BCUT2D eigenvalue weighted by Gasteiger charge is -2.14. The SMILES string of the molecule is Fc1ccc2c(c1)CC(CNc1cc(Cl)ccc1Br)O2. The third-order valence-electron chi connectivity index (χ3n) is 3.21. The summed E-state index contributed by atoms with van der Waals surface area (Å²) in [4.78, 5) is 0. The minimum atomic E-state index is -0.224. The van der Waals surface area contributed by atoms with Crippen LogP contribution in [0.4, 0.5) is 10.1 Å². The summed E-state index contributed by atoms with van der Waals surface area (Å²) in [6.45, 7) is 0.634. The average molecular weight is 357 g/mol. The lowest BCUT2D eigenvalue weighted by atomic mass is 10.1. The van der Waals surface area contributed by atoms with Gasteiger partial charge in [0.1, 0.15) is 17.7 Å². The predicted molar refractivity (Wildman–Crippen MR) is 82.2 cm³/mol. The maximum absolute atomic E-state index is 13.1. The average Bonchev–Trinajstić information content (AvgIpc) is 2.81. The Labute approximate surface area is 130 Å². The van der Waals surface area contributed by atoms with Gasteiger partial charge in [0.25, 0.3) is 0 Å². The Bertz CT molecular complexity index is 650. The molecule has 1 atom stereocenters. The van der Waals surface area contributed by atoms with Crippen LogP contribution < -0.4 is 10.1 Å². The number of ether oxygens (including phenoxy) is 1. The first-order valence-electron chi connectivity index (χ1n) is 6.26. The van der Waals surface area contributed by atoms with E-state index < -0.39 is 0 Å². The van der Waals surface area contributed by atoms with Crippen LogP contribution in [0.25, 0.3) is 0 Å². The van der Waals surface area contributed by atoms with Crippen molar-refractivity contribution in [2.24, 2.45) is 0 Å². The van der Waals surface area contributed by atoms with Crippen LogP contribution >= 0.6 is 27.5 Å². The summed E-state index contributed by atoms with van der Waals surface area (Å²) >= 11 is 9.44. The summed E-state index contributed by atoms with van der Waals surface area (Å²) in [6.07, 6.45) is 0.704. The molecule has 0 bridgehead atoms. The molecule has 0 fully saturated rings. The van der Waals surface area contributed by atoms with Crippen molar-refractivity contribution in [3.8, 4) is 5.75 Å². The quantitative estimate of drug-likeness (QED) is 0.864. The molecule has 0 saturated heterocycles. The number of rotatable bonds is 3. The van der Waals surface area contributed by atoms with Crippen molar-refractivity contribution in [3.05, 3.63) is 57.3 Å². The number of anilines is 1. The van der Waals surface area contributed by atoms with Crippen molar-refractivity contribution in [2.45, 2.75) is 12.5 Å². The van der Waals surface area contributed by atoms with E-state index in [4.69, 9.17) is 16.3 Å². The monoisotopic (exact) mass is 355 g/mol. The molecule has 1 aliphatic rings. The van der Waals surface area contributed by atoms with Gasteiger partial charge in [-0.3, -0.25) is 0 Å². The number of benzene rings is 2. The molecule has 0 radical (unpaired) electrons. The van der Waals surface area contributed by atoms with Gasteiger partial charge in [-0.2, -0.15) is 0 Å². The first-order valence-corrected chi connectivity index (χ1v) is 7.43. The molecule has 0 aromatic heterocycles. The van der Waals surface area contributed by atoms with Gasteiger partial charge in [0.2, 0.25) is 0 Å². The fourth-order valence-electron chi connectivity index (χ4n) is 2.26. The molecule has 3 rings (SSSR count). The van der Waals surface area contributed by atoms with Gasteiger partial charge in [-0.1, -0.05) is 11.6 Å². The maximum Gasteiger partial charge on any atom is 0.123 e. The highest BCUT2D eigenvalue weighted by atomic mass is 79.9. The second-order valence-electron chi connectivity index (χ2n) is 4.70. The zero-order valence-electron chi connectivity index (χ0n) is 10.5. The molecule has 0 saturated carbocycles. The second-order valence-corrected chi connectivity index (χ2v) is 5.99. The molecule has 104 valence electrons. The molecule has 1 unspecified atom stereocenters. The standard InChI is InChI=1S/C15H12BrClFNO/c16-13-3-1-10(17)7-14(13)19-8-12-6-9-5-11(18)2-4-15(9)20-12/h1-5,7,12,19H,6,8H2. The molecular formula is C15H12BrClFNO. The van der Waals surface area contributed by atoms with Gasteiger partial charge in [-0.25, -0.2) is 4.39 Å². The summed E-state index contributed by atoms with van der Waals surface area (Å²) in [5.74, 6) is 0.543. The molecule has 2 aromatic rings. The minimum absolute atomic E-state index is 0.00215. The highest BCUT2D eigenvalue weighted by Gasteiger charge is 2.23. The molecule has 0 amide bonds. The zero-order chi connectivity index (χ0) is 14.1. The Morgan fingerprint density at radius 2 is 2.15 bits per heavy atom. The third kappa shape index (κ3) is 2.91. The second kappa shape index (κ2) is 5.62. The normalized spacial score (nSPS) is 16.6. The minimum Gasteiger partial charge on any atom is -0.488 e. The smallest absolute Gasteiger partial charge is 0.123 e. The summed E-state index contributed by atoms with van der Waals surface area (Å²) < 4.78 is 19.9. The van der Waals surface area contributed by atoms with Crippen molar-refractivity contribution in [2.75, 3.05) is 11.9 Å². The van der Waals surface area contributed by atoms with E-state index in [9.17, 15) is 4.39 Å². The lowest BCUT2D eigenvalue weighted by molar-refractivity contribution is 0.246. The largest absolute Gasteiger partial charge is 0.488 e. The Morgan fingerprint density at radius 1 is 1.30 bits per heavy atom. The van der Waals surface area contributed by atoms with Crippen molar-refractivity contribution in [1.82, 2.24) is 0 Å². The van der Waals surface area contributed by atoms with Gasteiger partial charge in [0.15, 0.2) is 0 Å². The number of hydrogen-bond donors (Lipinski definition) is 1. The predicted octanol–water partition coefficient (Wildman–Crippen LogP) is 4.66. The van der Waals surface area contributed by atoms with E-state index in [1.807, 2.05) is 18.2 Å². The van der Waals surface area contributed by atoms with Gasteiger partial charge in [0, 0.05) is 21.5 Å². The summed E-state index contributed by atoms with van der Waals surface area (Å²) in [5.41, 5.74) is 1.84. The van der Waals surface area contributed by atoms with Gasteiger partial charge in [-0.05, 0) is 52.3 Å². The topological polar surface area (TPSA) is 21.3 Å². The molecule has 1 aliphatic heterocycles. The number of fused-ring (bicyclic) bond motifs is 1. The van der Waals surface area contributed by atoms with Crippen molar-refractivity contribution >= 4 is 33.2 Å². The molecule has 0 aliphatic carbocycles. The van der Waals surface area contributed by atoms with E-state index in [1.165, 1.54) is 12.1 Å². The van der Waals surface area contributed by atoms with E-state index in [2.05, 4.69) is 21.2 Å². The van der Waals surface area contributed by atoms with Crippen LogP contribution in [0.15, 0.2) is 40.9 Å². The highest BCUT2D eigenvalue weighted by molar-refractivity contribution is 9.10. The molecule has 1 heterocycles. The van der Waals surface area contributed by atoms with Crippen LogP contribution in [0.1, 0.15) is 5.56 Å². The van der Waals surface area contributed by atoms with Crippen LogP contribution in [0.5, 0.6) is 5.75 Å². The van der Waals surface area contributed by atoms with Crippen LogP contribution in [0.2, 0.25) is 5.02 Å². The van der Waals surface area contributed by atoms with E-state index in [1.54, 1.807) is 6.07 Å². The molecule has 0 spiro atoms. The van der Waals surface area contributed by atoms with E-state index in [0.717, 1.165) is 21.5 Å². The van der Waals surface area contributed by atoms with Crippen LogP contribution in [-0.4, -0.2) is 12.6 Å². The molecular weight excluding hydrogens is 345 g/mol. The van der Waals surface area contributed by atoms with Crippen molar-refractivity contribution < 1.29 is 9.13 Å². The Kier molecular flexibility index (Phi) is 3.85. The Hall–Kier alpha value is -1.26. The van der Waals surface area contributed by atoms with Crippen molar-refractivity contribution in [3.63, 3.8) is 0 Å². The van der Waals surface area contributed by atoms with Gasteiger partial charge in [-0.15, -0.1) is 0 Å². The van der Waals surface area contributed by atoms with E-state index >= 15 is 0 Å². The van der Waals surface area contributed by atoms with Crippen LogP contribution in [-0.2, 0) is 6.42 Å². The highest BCUT2D eigenvalue weighted by Crippen LogP contribution is 2.30. The summed E-state index contributed by atoms with van der Waals surface area (Å²) in [7, 11) is 0. The molecule has 5 heteroatoms. The zero-order valence-corrected chi connectivity index (χ0v) is 12.8. The van der Waals surface area contributed by atoms with Crippen LogP contribution in [0, 0.1) is 5.82 Å².